The SMILES string of the molecule is COc1ccc(NC(=O)c2cc([N+](=O)[O-])cc(S(C)(=O)=O)c2)cc1OCc1cccnc1. The Balaban J connectivity index is 1.86. The lowest BCUT2D eigenvalue weighted by atomic mass is 10.2. The Hall–Kier alpha value is -3.99. The van der Waals surface area contributed by atoms with Crippen molar-refractivity contribution in [3.63, 3.8) is 0 Å². The van der Waals surface area contributed by atoms with Crippen LogP contribution in [0, 0.1) is 10.1 Å². The molecule has 3 aromatic rings. The molecule has 10 nitrogen and oxygen atoms in total. The highest BCUT2D eigenvalue weighted by molar-refractivity contribution is 7.90. The van der Waals surface area contributed by atoms with Crippen LogP contribution in [0.2, 0.25) is 0 Å². The molecule has 1 amide bonds. The summed E-state index contributed by atoms with van der Waals surface area (Å²) >= 11 is 0. The minimum absolute atomic E-state index is 0.173. The lowest BCUT2D eigenvalue weighted by Crippen LogP contribution is -2.13. The fourth-order valence-corrected chi connectivity index (χ4v) is 3.42. The number of benzene rings is 2. The van der Waals surface area contributed by atoms with Gasteiger partial charge >= 0.3 is 0 Å². The monoisotopic (exact) mass is 457 g/mol. The Morgan fingerprint density at radius 3 is 2.56 bits per heavy atom. The molecule has 2 aromatic carbocycles. The van der Waals surface area contributed by atoms with Crippen molar-refractivity contribution in [3.8, 4) is 11.5 Å². The number of carbonyl (C=O) groups is 1. The van der Waals surface area contributed by atoms with Gasteiger partial charge in [0.2, 0.25) is 0 Å². The van der Waals surface area contributed by atoms with Crippen LogP contribution in [0.3, 0.4) is 0 Å². The van der Waals surface area contributed by atoms with Gasteiger partial charge in [0.05, 0.1) is 16.9 Å². The van der Waals surface area contributed by atoms with Crippen molar-refractivity contribution in [2.45, 2.75) is 11.5 Å². The summed E-state index contributed by atoms with van der Waals surface area (Å²) in [5.74, 6) is 0.0635. The summed E-state index contributed by atoms with van der Waals surface area (Å²) in [4.78, 5) is 26.8. The van der Waals surface area contributed by atoms with E-state index in [-0.39, 0.29) is 17.1 Å². The molecule has 0 aliphatic heterocycles. The largest absolute Gasteiger partial charge is 0.493 e. The molecule has 166 valence electrons. The summed E-state index contributed by atoms with van der Waals surface area (Å²) in [5, 5.41) is 13.8. The van der Waals surface area contributed by atoms with E-state index in [0.717, 1.165) is 30.0 Å². The van der Waals surface area contributed by atoms with Crippen molar-refractivity contribution < 1.29 is 27.6 Å². The number of methoxy groups -OCH3 is 1. The summed E-state index contributed by atoms with van der Waals surface area (Å²) in [6.45, 7) is 0.212. The van der Waals surface area contributed by atoms with E-state index in [1.807, 2.05) is 6.07 Å². The molecule has 0 saturated carbocycles. The number of hydrogen-bond donors (Lipinski definition) is 1. The topological polar surface area (TPSA) is 138 Å². The van der Waals surface area contributed by atoms with E-state index in [2.05, 4.69) is 10.3 Å². The molecule has 1 heterocycles. The molecule has 0 saturated heterocycles. The van der Waals surface area contributed by atoms with Gasteiger partial charge in [-0.1, -0.05) is 6.07 Å². The highest BCUT2D eigenvalue weighted by Crippen LogP contribution is 2.31. The fourth-order valence-electron chi connectivity index (χ4n) is 2.75. The first-order chi connectivity index (χ1) is 15.2. The first kappa shape index (κ1) is 22.7. The molecule has 1 aromatic heterocycles. The van der Waals surface area contributed by atoms with Crippen LogP contribution < -0.4 is 14.8 Å². The number of hydrogen-bond acceptors (Lipinski definition) is 8. The van der Waals surface area contributed by atoms with E-state index < -0.39 is 26.4 Å². The number of pyridine rings is 1. The van der Waals surface area contributed by atoms with E-state index >= 15 is 0 Å². The normalized spacial score (nSPS) is 10.9. The fraction of sp³-hybridized carbons (Fsp3) is 0.143. The molecule has 0 unspecified atom stereocenters. The van der Waals surface area contributed by atoms with E-state index in [1.54, 1.807) is 30.6 Å². The Morgan fingerprint density at radius 2 is 1.94 bits per heavy atom. The molecular weight excluding hydrogens is 438 g/mol. The number of amides is 1. The van der Waals surface area contributed by atoms with Crippen LogP contribution in [-0.2, 0) is 16.4 Å². The lowest BCUT2D eigenvalue weighted by molar-refractivity contribution is -0.385. The number of nitro groups is 1. The van der Waals surface area contributed by atoms with Crippen LogP contribution >= 0.6 is 0 Å². The molecule has 0 bridgehead atoms. The van der Waals surface area contributed by atoms with E-state index in [1.165, 1.54) is 13.2 Å². The smallest absolute Gasteiger partial charge is 0.271 e. The van der Waals surface area contributed by atoms with Crippen LogP contribution in [-0.4, -0.2) is 37.6 Å². The van der Waals surface area contributed by atoms with Gasteiger partial charge in [-0.05, 0) is 24.3 Å². The third kappa shape index (κ3) is 5.58. The minimum Gasteiger partial charge on any atom is -0.493 e. The molecule has 3 rings (SSSR count). The van der Waals surface area contributed by atoms with E-state index in [4.69, 9.17) is 9.47 Å². The Kier molecular flexibility index (Phi) is 6.69. The van der Waals surface area contributed by atoms with E-state index in [0.29, 0.717) is 17.2 Å². The first-order valence-corrected chi connectivity index (χ1v) is 11.1. The zero-order valence-corrected chi connectivity index (χ0v) is 18.0. The van der Waals surface area contributed by atoms with Gasteiger partial charge in [-0.3, -0.25) is 19.9 Å². The molecule has 0 radical (unpaired) electrons. The summed E-state index contributed by atoms with van der Waals surface area (Å²) in [7, 11) is -2.29. The van der Waals surface area contributed by atoms with Crippen LogP contribution in [0.15, 0.2) is 65.8 Å². The van der Waals surface area contributed by atoms with Gasteiger partial charge in [-0.2, -0.15) is 0 Å². The van der Waals surface area contributed by atoms with Crippen LogP contribution in [0.1, 0.15) is 15.9 Å². The summed E-state index contributed by atoms with van der Waals surface area (Å²) in [5.41, 5.74) is 0.472. The number of non-ortho nitro benzene ring substituents is 1. The zero-order valence-electron chi connectivity index (χ0n) is 17.1. The molecule has 11 heteroatoms. The molecule has 0 fully saturated rings. The minimum atomic E-state index is -3.76. The number of nitrogens with one attached hydrogen (secondary N) is 1. The molecule has 0 spiro atoms. The molecular formula is C21H19N3O7S. The van der Waals surface area contributed by atoms with Crippen molar-refractivity contribution in [3.05, 3.63) is 82.2 Å². The number of ether oxygens (including phenoxy) is 2. The van der Waals surface area contributed by atoms with Gasteiger partial charge in [0.1, 0.15) is 6.61 Å². The second-order valence-electron chi connectivity index (χ2n) is 6.71. The average Bonchev–Trinajstić information content (AvgIpc) is 2.77. The van der Waals surface area contributed by atoms with Gasteiger partial charge in [-0.15, -0.1) is 0 Å². The highest BCUT2D eigenvalue weighted by Gasteiger charge is 2.19. The van der Waals surface area contributed by atoms with Crippen molar-refractivity contribution in [2.24, 2.45) is 0 Å². The number of carbonyl (C=O) groups excluding carboxylic acids is 1. The molecule has 0 atom stereocenters. The van der Waals surface area contributed by atoms with Crippen molar-refractivity contribution in [1.82, 2.24) is 4.98 Å². The second kappa shape index (κ2) is 9.43. The Morgan fingerprint density at radius 1 is 1.16 bits per heavy atom. The van der Waals surface area contributed by atoms with Gasteiger partial charge < -0.3 is 14.8 Å². The maximum Gasteiger partial charge on any atom is 0.271 e. The van der Waals surface area contributed by atoms with Gasteiger partial charge in [-0.25, -0.2) is 8.42 Å². The summed E-state index contributed by atoms with van der Waals surface area (Å²) in [6, 6.07) is 11.3. The average molecular weight is 457 g/mol. The summed E-state index contributed by atoms with van der Waals surface area (Å²) < 4.78 is 34.8. The number of nitro benzene ring substituents is 1. The number of anilines is 1. The Bertz CT molecular complexity index is 1260. The predicted octanol–water partition coefficient (Wildman–Crippen LogP) is 3.23. The number of aromatic nitrogens is 1. The third-order valence-corrected chi connectivity index (χ3v) is 5.42. The van der Waals surface area contributed by atoms with Crippen LogP contribution in [0.25, 0.3) is 0 Å². The first-order valence-electron chi connectivity index (χ1n) is 9.18. The van der Waals surface area contributed by atoms with Crippen LogP contribution in [0.4, 0.5) is 11.4 Å². The number of rotatable bonds is 8. The standard InChI is InChI=1S/C21H19N3O7S/c1-30-19-6-5-16(10-20(19)31-13-14-4-3-7-22-12-14)23-21(25)15-8-17(24(26)27)11-18(9-15)32(2,28)29/h3-12H,13H2,1-2H3,(H,23,25). The second-order valence-corrected chi connectivity index (χ2v) is 8.73. The van der Waals surface area contributed by atoms with Gasteiger partial charge in [0.25, 0.3) is 11.6 Å². The lowest BCUT2D eigenvalue weighted by Gasteiger charge is -2.13. The van der Waals surface area contributed by atoms with Crippen molar-refractivity contribution >= 4 is 27.1 Å². The Labute approximate surface area is 183 Å². The van der Waals surface area contributed by atoms with Crippen molar-refractivity contribution in [2.75, 3.05) is 18.7 Å². The molecule has 0 aliphatic carbocycles. The zero-order chi connectivity index (χ0) is 23.3. The van der Waals surface area contributed by atoms with Gasteiger partial charge in [0.15, 0.2) is 21.3 Å². The number of nitrogens with zero attached hydrogens (tertiary/aromatic N) is 2. The van der Waals surface area contributed by atoms with Crippen LogP contribution in [0.5, 0.6) is 11.5 Å². The predicted molar refractivity (Wildman–Crippen MR) is 116 cm³/mol. The number of sulfone groups is 1. The summed E-state index contributed by atoms with van der Waals surface area (Å²) in [6.07, 6.45) is 4.20. The third-order valence-electron chi connectivity index (χ3n) is 4.33. The molecule has 0 aliphatic rings. The molecule has 32 heavy (non-hydrogen) atoms. The highest BCUT2D eigenvalue weighted by atomic mass is 32.2. The molecule has 1 N–H and O–H groups in total. The van der Waals surface area contributed by atoms with Crippen molar-refractivity contribution in [1.29, 1.82) is 0 Å². The maximum absolute atomic E-state index is 12.7. The van der Waals surface area contributed by atoms with E-state index in [9.17, 15) is 23.3 Å². The van der Waals surface area contributed by atoms with Gasteiger partial charge in [0, 0.05) is 53.7 Å². The quantitative estimate of drug-likeness (QED) is 0.402. The maximum atomic E-state index is 12.7.